The zero-order valence-corrected chi connectivity index (χ0v) is 6.98. The lowest BCUT2D eigenvalue weighted by molar-refractivity contribution is -0.136. The standard InChI is InChI=1S/C8H16O2/c1-7(2)6-8(3,9)4-5-10-7/h9H,4-6H2,1-3H3/t8-/m1/s1. The van der Waals surface area contributed by atoms with E-state index < -0.39 is 5.60 Å². The third kappa shape index (κ3) is 1.96. The van der Waals surface area contributed by atoms with Gasteiger partial charge in [0.25, 0.3) is 0 Å². The highest BCUT2D eigenvalue weighted by molar-refractivity contribution is 4.86. The van der Waals surface area contributed by atoms with Gasteiger partial charge >= 0.3 is 0 Å². The van der Waals surface area contributed by atoms with Gasteiger partial charge in [0, 0.05) is 6.42 Å². The Morgan fingerprint density at radius 1 is 1.30 bits per heavy atom. The quantitative estimate of drug-likeness (QED) is 0.555. The highest BCUT2D eigenvalue weighted by atomic mass is 16.5. The molecule has 0 aromatic rings. The molecule has 0 radical (unpaired) electrons. The van der Waals surface area contributed by atoms with Gasteiger partial charge in [-0.1, -0.05) is 0 Å². The summed E-state index contributed by atoms with van der Waals surface area (Å²) in [6.07, 6.45) is 1.50. The summed E-state index contributed by atoms with van der Waals surface area (Å²) in [4.78, 5) is 0. The predicted octanol–water partition coefficient (Wildman–Crippen LogP) is 1.33. The minimum Gasteiger partial charge on any atom is -0.390 e. The molecule has 1 fully saturated rings. The molecule has 1 rings (SSSR count). The van der Waals surface area contributed by atoms with Gasteiger partial charge in [-0.15, -0.1) is 0 Å². The number of ether oxygens (including phenoxy) is 1. The van der Waals surface area contributed by atoms with Gasteiger partial charge in [-0.2, -0.15) is 0 Å². The van der Waals surface area contributed by atoms with Gasteiger partial charge in [0.15, 0.2) is 0 Å². The van der Waals surface area contributed by atoms with Gasteiger partial charge in [0.05, 0.1) is 17.8 Å². The van der Waals surface area contributed by atoms with Crippen LogP contribution in [0.2, 0.25) is 0 Å². The monoisotopic (exact) mass is 144 g/mol. The van der Waals surface area contributed by atoms with Crippen LogP contribution < -0.4 is 0 Å². The van der Waals surface area contributed by atoms with Crippen molar-refractivity contribution in [3.8, 4) is 0 Å². The molecule has 0 aliphatic carbocycles. The minimum atomic E-state index is -0.512. The minimum absolute atomic E-state index is 0.137. The molecule has 1 atom stereocenters. The van der Waals surface area contributed by atoms with Crippen LogP contribution in [-0.4, -0.2) is 22.9 Å². The van der Waals surface area contributed by atoms with Crippen LogP contribution in [0.15, 0.2) is 0 Å². The van der Waals surface area contributed by atoms with E-state index in [4.69, 9.17) is 4.74 Å². The molecule has 0 unspecified atom stereocenters. The van der Waals surface area contributed by atoms with Crippen LogP contribution in [0.5, 0.6) is 0 Å². The first-order valence-electron chi connectivity index (χ1n) is 3.78. The zero-order chi connectivity index (χ0) is 7.83. The molecule has 1 aliphatic heterocycles. The molecule has 1 aliphatic rings. The van der Waals surface area contributed by atoms with E-state index in [1.54, 1.807) is 0 Å². The van der Waals surface area contributed by atoms with Crippen LogP contribution in [-0.2, 0) is 4.74 Å². The molecule has 2 heteroatoms. The van der Waals surface area contributed by atoms with E-state index >= 15 is 0 Å². The Labute approximate surface area is 62.2 Å². The Hall–Kier alpha value is -0.0800. The van der Waals surface area contributed by atoms with E-state index in [0.29, 0.717) is 6.61 Å². The highest BCUT2D eigenvalue weighted by Gasteiger charge is 2.35. The summed E-state index contributed by atoms with van der Waals surface area (Å²) in [7, 11) is 0. The highest BCUT2D eigenvalue weighted by Crippen LogP contribution is 2.30. The molecular weight excluding hydrogens is 128 g/mol. The van der Waals surface area contributed by atoms with E-state index in [-0.39, 0.29) is 5.60 Å². The summed E-state index contributed by atoms with van der Waals surface area (Å²) in [6, 6.07) is 0. The Morgan fingerprint density at radius 2 is 1.90 bits per heavy atom. The molecule has 2 nitrogen and oxygen atoms in total. The molecule has 0 aromatic heterocycles. The van der Waals surface area contributed by atoms with Gasteiger partial charge in [-0.05, 0) is 27.2 Å². The van der Waals surface area contributed by atoms with E-state index in [1.165, 1.54) is 0 Å². The number of aliphatic hydroxyl groups is 1. The Balaban J connectivity index is 2.56. The van der Waals surface area contributed by atoms with Crippen molar-refractivity contribution in [2.24, 2.45) is 0 Å². The van der Waals surface area contributed by atoms with Crippen molar-refractivity contribution < 1.29 is 9.84 Å². The lowest BCUT2D eigenvalue weighted by Crippen LogP contribution is -2.43. The Kier molecular flexibility index (Phi) is 1.77. The zero-order valence-electron chi connectivity index (χ0n) is 6.98. The number of rotatable bonds is 0. The van der Waals surface area contributed by atoms with Crippen molar-refractivity contribution in [3.63, 3.8) is 0 Å². The normalized spacial score (nSPS) is 39.6. The van der Waals surface area contributed by atoms with E-state index in [2.05, 4.69) is 0 Å². The van der Waals surface area contributed by atoms with Crippen LogP contribution in [0.3, 0.4) is 0 Å². The van der Waals surface area contributed by atoms with Gasteiger partial charge in [-0.3, -0.25) is 0 Å². The third-order valence-electron chi connectivity index (χ3n) is 1.94. The summed E-state index contributed by atoms with van der Waals surface area (Å²) in [5.41, 5.74) is -0.649. The summed E-state index contributed by atoms with van der Waals surface area (Å²) >= 11 is 0. The molecule has 0 aromatic carbocycles. The topological polar surface area (TPSA) is 29.5 Å². The lowest BCUT2D eigenvalue weighted by atomic mass is 9.86. The van der Waals surface area contributed by atoms with E-state index in [0.717, 1.165) is 12.8 Å². The van der Waals surface area contributed by atoms with Crippen LogP contribution >= 0.6 is 0 Å². The van der Waals surface area contributed by atoms with Crippen molar-refractivity contribution in [1.29, 1.82) is 0 Å². The summed E-state index contributed by atoms with van der Waals surface area (Å²) in [5.74, 6) is 0. The maximum absolute atomic E-state index is 9.63. The SMILES string of the molecule is CC1(C)C[C@](C)(O)CCO1. The first-order chi connectivity index (χ1) is 4.41. The molecule has 1 N–H and O–H groups in total. The third-order valence-corrected chi connectivity index (χ3v) is 1.94. The molecular formula is C8H16O2. The average Bonchev–Trinajstić information content (AvgIpc) is 1.56. The van der Waals surface area contributed by atoms with Crippen molar-refractivity contribution in [3.05, 3.63) is 0 Å². The second kappa shape index (κ2) is 2.21. The van der Waals surface area contributed by atoms with Crippen molar-refractivity contribution in [1.82, 2.24) is 0 Å². The van der Waals surface area contributed by atoms with Crippen LogP contribution in [0, 0.1) is 0 Å². The first kappa shape index (κ1) is 8.02. The van der Waals surface area contributed by atoms with Crippen molar-refractivity contribution in [2.75, 3.05) is 6.61 Å². The van der Waals surface area contributed by atoms with Gasteiger partial charge < -0.3 is 9.84 Å². The van der Waals surface area contributed by atoms with Gasteiger partial charge in [0.1, 0.15) is 0 Å². The molecule has 0 amide bonds. The number of hydrogen-bond acceptors (Lipinski definition) is 2. The smallest absolute Gasteiger partial charge is 0.0668 e. The molecule has 10 heavy (non-hydrogen) atoms. The summed E-state index contributed by atoms with van der Waals surface area (Å²) in [6.45, 7) is 6.58. The maximum atomic E-state index is 9.63. The second-order valence-corrected chi connectivity index (χ2v) is 4.03. The summed E-state index contributed by atoms with van der Waals surface area (Å²) < 4.78 is 5.44. The fourth-order valence-corrected chi connectivity index (χ4v) is 1.60. The van der Waals surface area contributed by atoms with Gasteiger partial charge in [-0.25, -0.2) is 0 Å². The maximum Gasteiger partial charge on any atom is 0.0668 e. The molecule has 1 saturated heterocycles. The van der Waals surface area contributed by atoms with Crippen LogP contribution in [0.1, 0.15) is 33.6 Å². The van der Waals surface area contributed by atoms with E-state index in [1.807, 2.05) is 20.8 Å². The molecule has 0 bridgehead atoms. The Morgan fingerprint density at radius 3 is 2.20 bits per heavy atom. The van der Waals surface area contributed by atoms with Crippen molar-refractivity contribution >= 4 is 0 Å². The first-order valence-corrected chi connectivity index (χ1v) is 3.78. The van der Waals surface area contributed by atoms with Crippen molar-refractivity contribution in [2.45, 2.75) is 44.8 Å². The number of hydrogen-bond donors (Lipinski definition) is 1. The van der Waals surface area contributed by atoms with E-state index in [9.17, 15) is 5.11 Å². The van der Waals surface area contributed by atoms with Gasteiger partial charge in [0.2, 0.25) is 0 Å². The average molecular weight is 144 g/mol. The summed E-state index contributed by atoms with van der Waals surface area (Å²) in [5, 5.41) is 9.63. The molecule has 1 heterocycles. The predicted molar refractivity (Wildman–Crippen MR) is 39.9 cm³/mol. The lowest BCUT2D eigenvalue weighted by Gasteiger charge is -2.39. The molecule has 60 valence electrons. The van der Waals surface area contributed by atoms with Crippen LogP contribution in [0.25, 0.3) is 0 Å². The fourth-order valence-electron chi connectivity index (χ4n) is 1.60. The second-order valence-electron chi connectivity index (χ2n) is 4.03. The fraction of sp³-hybridized carbons (Fsp3) is 1.00. The van der Waals surface area contributed by atoms with Crippen LogP contribution in [0.4, 0.5) is 0 Å². The molecule has 0 spiro atoms. The largest absolute Gasteiger partial charge is 0.390 e. The molecule has 0 saturated carbocycles. The Bertz CT molecular complexity index is 113.